The molecule has 51 heavy (non-hydrogen) atoms. The molecule has 0 radical (unpaired) electrons. The number of phenolic OH excluding ortho intramolecular Hbond substituents is 2. The largest absolute Gasteiger partial charge is 1.00 e. The zero-order valence-electron chi connectivity index (χ0n) is 32.5. The molecule has 0 fully saturated rings. The second-order valence-electron chi connectivity index (χ2n) is 17.9. The molecule has 5 rings (SSSR count). The lowest BCUT2D eigenvalue weighted by Crippen LogP contribution is -3.00. The summed E-state index contributed by atoms with van der Waals surface area (Å²) in [5.74, 6) is 0.790. The fourth-order valence-corrected chi connectivity index (χ4v) is 7.50. The van der Waals surface area contributed by atoms with Gasteiger partial charge in [-0.2, -0.15) is 0 Å². The number of quaternary nitrogens is 4. The molecule has 0 saturated heterocycles. The van der Waals surface area contributed by atoms with Crippen molar-refractivity contribution < 1.29 is 124 Å². The number of fused-ring (bicyclic) bond motifs is 3. The monoisotopic (exact) mass is 1150 g/mol. The molecule has 0 bridgehead atoms. The Morgan fingerprint density at radius 3 is 0.882 bits per heavy atom. The van der Waals surface area contributed by atoms with Crippen molar-refractivity contribution in [2.24, 2.45) is 0 Å². The molecule has 2 N–H and O–H groups in total. The van der Waals surface area contributed by atoms with Gasteiger partial charge < -0.3 is 124 Å². The third-order valence-corrected chi connectivity index (χ3v) is 8.93. The Balaban J connectivity index is 0.00000325. The van der Waals surface area contributed by atoms with E-state index in [4.69, 9.17) is 0 Å². The fourth-order valence-electron chi connectivity index (χ4n) is 7.50. The van der Waals surface area contributed by atoms with Gasteiger partial charge in [0.25, 0.3) is 0 Å². The van der Waals surface area contributed by atoms with Crippen LogP contribution in [0.15, 0.2) is 72.8 Å². The van der Waals surface area contributed by atoms with E-state index < -0.39 is 5.41 Å². The SMILES string of the molecule is C[N+](C)(C)Cc1cc(C2(c3cc(C[N+](C)(C)C)c(O)c(C[N+](C)(C)C)c3)c3ccccc3-c3ccccc32)cc(C[N+](C)(C)C)c1O.[I-].[I-].[I-].[I-]. The van der Waals surface area contributed by atoms with E-state index in [1.54, 1.807) is 0 Å². The quantitative estimate of drug-likeness (QED) is 0.108. The normalized spacial score (nSPS) is 13.5. The maximum atomic E-state index is 11.9. The van der Waals surface area contributed by atoms with Gasteiger partial charge in [0.05, 0.1) is 90.0 Å². The van der Waals surface area contributed by atoms with Crippen LogP contribution in [-0.4, -0.2) is 113 Å². The van der Waals surface area contributed by atoms with Gasteiger partial charge in [0.15, 0.2) is 0 Å². The minimum atomic E-state index is -0.660. The summed E-state index contributed by atoms with van der Waals surface area (Å²) in [5.41, 5.74) is 10.4. The summed E-state index contributed by atoms with van der Waals surface area (Å²) in [7, 11) is 26.1. The Morgan fingerprint density at radius 2 is 0.647 bits per heavy atom. The van der Waals surface area contributed by atoms with Gasteiger partial charge >= 0.3 is 0 Å². The first-order valence-electron chi connectivity index (χ1n) is 16.7. The predicted octanol–water partition coefficient (Wildman–Crippen LogP) is -5.70. The Morgan fingerprint density at radius 1 is 0.412 bits per heavy atom. The van der Waals surface area contributed by atoms with Gasteiger partial charge in [-0.15, -0.1) is 0 Å². The summed E-state index contributed by atoms with van der Waals surface area (Å²) in [5, 5.41) is 23.7. The minimum Gasteiger partial charge on any atom is -1.00 e. The highest BCUT2D eigenvalue weighted by Gasteiger charge is 2.47. The second-order valence-corrected chi connectivity index (χ2v) is 17.9. The molecular formula is C41H58I4N4O2. The molecule has 0 amide bonds. The number of nitrogens with zero attached hydrogens (tertiary/aromatic N) is 4. The molecule has 4 aromatic carbocycles. The van der Waals surface area contributed by atoms with Gasteiger partial charge in [-0.1, -0.05) is 48.5 Å². The summed E-state index contributed by atoms with van der Waals surface area (Å²) in [4.78, 5) is 0. The van der Waals surface area contributed by atoms with E-state index in [0.717, 1.165) is 33.4 Å². The van der Waals surface area contributed by atoms with Gasteiger partial charge in [0.2, 0.25) is 0 Å². The van der Waals surface area contributed by atoms with E-state index in [9.17, 15) is 10.2 Å². The molecule has 0 unspecified atom stereocenters. The summed E-state index contributed by atoms with van der Waals surface area (Å²) in [6.45, 7) is 2.77. The van der Waals surface area contributed by atoms with Crippen molar-refractivity contribution in [1.29, 1.82) is 0 Å². The summed E-state index contributed by atoms with van der Waals surface area (Å²) < 4.78 is 2.78. The first-order valence-corrected chi connectivity index (χ1v) is 16.7. The standard InChI is InChI=1S/C41H56N4O2.4HI/c1-42(2,3)25-29-21-33(22-30(39(29)46)26-43(4,5)6)41(37-19-15-13-17-35(37)36-18-14-16-20-38(36)41)34-23-31(27-44(7,8)9)40(47)32(24-34)28-45(10,11)12;;;;/h13-24H,25-28H2,1-12H3;4*1H/q+2;;;;/p-2. The van der Waals surface area contributed by atoms with Crippen molar-refractivity contribution in [1.82, 2.24) is 0 Å². The van der Waals surface area contributed by atoms with Crippen LogP contribution in [0, 0.1) is 0 Å². The first-order chi connectivity index (χ1) is 21.6. The smallest absolute Gasteiger partial charge is 0.133 e. The van der Waals surface area contributed by atoms with Crippen molar-refractivity contribution in [2.45, 2.75) is 31.6 Å². The van der Waals surface area contributed by atoms with Gasteiger partial charge in [-0.05, 0) is 57.6 Å². The van der Waals surface area contributed by atoms with Crippen molar-refractivity contribution >= 4 is 0 Å². The maximum Gasteiger partial charge on any atom is 0.133 e. The third-order valence-electron chi connectivity index (χ3n) is 8.93. The predicted molar refractivity (Wildman–Crippen MR) is 194 cm³/mol. The van der Waals surface area contributed by atoms with Crippen molar-refractivity contribution in [3.05, 3.63) is 117 Å². The number of phenols is 2. The zero-order valence-corrected chi connectivity index (χ0v) is 41.1. The Bertz CT molecular complexity index is 1610. The van der Waals surface area contributed by atoms with Crippen LogP contribution in [-0.2, 0) is 31.6 Å². The first kappa shape index (κ1) is 48.3. The summed E-state index contributed by atoms with van der Waals surface area (Å²) >= 11 is 0. The molecule has 0 aromatic heterocycles. The molecular weight excluding hydrogens is 1090 g/mol. The van der Waals surface area contributed by atoms with E-state index in [1.807, 2.05) is 0 Å². The summed E-state index contributed by atoms with van der Waals surface area (Å²) in [6.07, 6.45) is 0. The van der Waals surface area contributed by atoms with E-state index in [0.29, 0.717) is 55.6 Å². The molecule has 10 heteroatoms. The lowest BCUT2D eigenvalue weighted by atomic mass is 9.66. The highest BCUT2D eigenvalue weighted by molar-refractivity contribution is 5.86. The van der Waals surface area contributed by atoms with Crippen LogP contribution in [0.4, 0.5) is 0 Å². The molecule has 0 aliphatic heterocycles. The van der Waals surface area contributed by atoms with Crippen LogP contribution in [0.5, 0.6) is 11.5 Å². The highest BCUT2D eigenvalue weighted by Crippen LogP contribution is 2.57. The topological polar surface area (TPSA) is 40.5 Å². The average molecular weight is 1150 g/mol. The van der Waals surface area contributed by atoms with Crippen LogP contribution >= 0.6 is 0 Å². The van der Waals surface area contributed by atoms with E-state index in [1.165, 1.54) is 22.3 Å². The van der Waals surface area contributed by atoms with Crippen LogP contribution < -0.4 is 95.9 Å². The molecule has 1 aliphatic rings. The van der Waals surface area contributed by atoms with E-state index in [-0.39, 0.29) is 95.9 Å². The average Bonchev–Trinajstić information content (AvgIpc) is 3.21. The van der Waals surface area contributed by atoms with Crippen LogP contribution in [0.2, 0.25) is 0 Å². The Hall–Kier alpha value is -0.760. The minimum absolute atomic E-state index is 0. The van der Waals surface area contributed by atoms with E-state index in [2.05, 4.69) is 157 Å². The highest BCUT2D eigenvalue weighted by atomic mass is 127. The molecule has 0 atom stereocenters. The van der Waals surface area contributed by atoms with Crippen molar-refractivity contribution in [3.63, 3.8) is 0 Å². The second kappa shape index (κ2) is 17.4. The van der Waals surface area contributed by atoms with Gasteiger partial charge in [-0.3, -0.25) is 0 Å². The molecule has 0 heterocycles. The van der Waals surface area contributed by atoms with E-state index >= 15 is 0 Å². The van der Waals surface area contributed by atoms with Crippen molar-refractivity contribution in [3.8, 4) is 22.6 Å². The Kier molecular flexibility index (Phi) is 16.4. The number of aromatic hydroxyl groups is 2. The van der Waals surface area contributed by atoms with Gasteiger partial charge in [0, 0.05) is 22.3 Å². The number of hydrogen-bond acceptors (Lipinski definition) is 2. The third kappa shape index (κ3) is 10.7. The van der Waals surface area contributed by atoms with Crippen LogP contribution in [0.3, 0.4) is 0 Å². The lowest BCUT2D eigenvalue weighted by Gasteiger charge is -2.37. The maximum absolute atomic E-state index is 11.9. The fraction of sp³-hybridized carbons (Fsp3) is 0.415. The molecule has 1 aliphatic carbocycles. The lowest BCUT2D eigenvalue weighted by molar-refractivity contribution is -0.884. The molecule has 6 nitrogen and oxygen atoms in total. The zero-order chi connectivity index (χ0) is 34.7. The number of hydrogen-bond donors (Lipinski definition) is 2. The van der Waals surface area contributed by atoms with Crippen LogP contribution in [0.1, 0.15) is 44.5 Å². The number of rotatable bonds is 10. The summed E-state index contributed by atoms with van der Waals surface area (Å²) in [6, 6.07) is 26.7. The Labute approximate surface area is 376 Å². The number of benzene rings is 4. The van der Waals surface area contributed by atoms with Crippen molar-refractivity contribution in [2.75, 3.05) is 84.6 Å². The molecule has 282 valence electrons. The number of halogens is 4. The molecule has 0 spiro atoms. The molecule has 4 aromatic rings. The van der Waals surface area contributed by atoms with Gasteiger partial charge in [0.1, 0.15) is 37.7 Å². The van der Waals surface area contributed by atoms with Crippen LogP contribution in [0.25, 0.3) is 11.1 Å². The van der Waals surface area contributed by atoms with Gasteiger partial charge in [-0.25, -0.2) is 0 Å². The molecule has 0 saturated carbocycles.